The predicted molar refractivity (Wildman–Crippen MR) is 39.4 cm³/mol. The third kappa shape index (κ3) is 20.4. The maximum Gasteiger partial charge on any atom is 1.00 e. The number of rotatable bonds is 4. The molecule has 0 spiro atoms. The van der Waals surface area contributed by atoms with E-state index in [1.165, 1.54) is 0 Å². The second-order valence-electron chi connectivity index (χ2n) is 1.61. The first-order valence-electron chi connectivity index (χ1n) is 2.28. The Morgan fingerprint density at radius 1 is 0.750 bits per heavy atom. The van der Waals surface area contributed by atoms with Gasteiger partial charge in [-0.2, -0.15) is 8.62 Å². The molecule has 0 aliphatic carbocycles. The Morgan fingerprint density at radius 2 is 0.938 bits per heavy atom. The smallest absolute Gasteiger partial charge is 1.00 e. The van der Waals surface area contributed by atoms with Gasteiger partial charge in [0, 0.05) is 0 Å². The zero-order valence-corrected chi connectivity index (χ0v) is 18.4. The average molecular weight is 346 g/mol. The monoisotopic (exact) mass is 346 g/mol. The number of phosphoric acid groups is 3. The Bertz CT molecular complexity index is 298. The van der Waals surface area contributed by atoms with Crippen molar-refractivity contribution in [3.63, 3.8) is 0 Å². The summed E-state index contributed by atoms with van der Waals surface area (Å²) in [6, 6.07) is 0. The van der Waals surface area contributed by atoms with Gasteiger partial charge in [-0.1, -0.05) is 0 Å². The second-order valence-corrected chi connectivity index (χ2v) is 5.82. The van der Waals surface area contributed by atoms with Crippen LogP contribution in [0.15, 0.2) is 0 Å². The average Bonchev–Trinajstić information content (AvgIpc) is 1.43. The molecule has 0 aliphatic heterocycles. The topological polar surface area (TPSA) is 171 Å². The van der Waals surface area contributed by atoms with Gasteiger partial charge in [-0.15, -0.1) is 0 Å². The van der Waals surface area contributed by atoms with Gasteiger partial charge in [0.1, 0.15) is 0 Å². The molecule has 0 atom stereocenters. The van der Waals surface area contributed by atoms with Crippen LogP contribution in [0.1, 0.15) is 4.28 Å². The van der Waals surface area contributed by atoms with Crippen LogP contribution in [-0.4, -0.2) is 24.5 Å². The van der Waals surface area contributed by atoms with Crippen molar-refractivity contribution >= 4 is 23.5 Å². The summed E-state index contributed by atoms with van der Waals surface area (Å²) in [4.78, 5) is 40.2. The molecular weight excluding hydrogens is 338 g/mol. The van der Waals surface area contributed by atoms with Crippen LogP contribution in [0.4, 0.5) is 0 Å². The SMILES string of the molecule is O=P(O)(O)OP(=O)(O)OP(=O)(O)O.[H-].[H-].[H-].[K+].[Na+].[Na+]. The normalized spacial score (nSPS) is 11.8. The van der Waals surface area contributed by atoms with Crippen molar-refractivity contribution in [1.29, 1.82) is 0 Å². The van der Waals surface area contributed by atoms with Gasteiger partial charge < -0.3 is 28.7 Å². The van der Waals surface area contributed by atoms with Gasteiger partial charge in [-0.3, -0.25) is 0 Å². The molecule has 0 bridgehead atoms. The van der Waals surface area contributed by atoms with E-state index >= 15 is 0 Å². The van der Waals surface area contributed by atoms with Gasteiger partial charge in [0.25, 0.3) is 0 Å². The largest absolute Gasteiger partial charge is 1.00 e. The van der Waals surface area contributed by atoms with Crippen molar-refractivity contribution in [2.75, 3.05) is 0 Å². The van der Waals surface area contributed by atoms with Gasteiger partial charge >= 0.3 is 134 Å². The molecule has 5 N–H and O–H groups in total. The van der Waals surface area contributed by atoms with Crippen molar-refractivity contribution in [3.05, 3.63) is 0 Å². The maximum atomic E-state index is 10.4. The third-order valence-electron chi connectivity index (χ3n) is 0.419. The second kappa shape index (κ2) is 10.7. The first-order valence-corrected chi connectivity index (χ1v) is 6.83. The minimum Gasteiger partial charge on any atom is -1.00 e. The van der Waals surface area contributed by atoms with Gasteiger partial charge in [-0.25, -0.2) is 13.7 Å². The fraction of sp³-hybridized carbons (Fsp3) is 0. The van der Waals surface area contributed by atoms with Gasteiger partial charge in [0.15, 0.2) is 0 Å². The Labute approximate surface area is 181 Å². The molecule has 0 aromatic heterocycles. The molecule has 0 aromatic rings. The van der Waals surface area contributed by atoms with E-state index in [4.69, 9.17) is 24.5 Å². The molecule has 16 heavy (non-hydrogen) atoms. The molecule has 0 rings (SSSR count). The molecule has 10 nitrogen and oxygen atoms in total. The molecule has 0 saturated heterocycles. The first kappa shape index (κ1) is 28.2. The molecule has 0 radical (unpaired) electrons. The molecule has 86 valence electrons. The summed E-state index contributed by atoms with van der Waals surface area (Å²) in [6.45, 7) is 0. The third-order valence-corrected chi connectivity index (χ3v) is 3.77. The summed E-state index contributed by atoms with van der Waals surface area (Å²) in [5.74, 6) is 0. The van der Waals surface area contributed by atoms with E-state index in [0.717, 1.165) is 0 Å². The van der Waals surface area contributed by atoms with Crippen LogP contribution in [0.2, 0.25) is 0 Å². The fourth-order valence-corrected chi connectivity index (χ4v) is 2.82. The van der Waals surface area contributed by atoms with Crippen LogP contribution >= 0.6 is 23.5 Å². The van der Waals surface area contributed by atoms with E-state index in [1.54, 1.807) is 0 Å². The standard InChI is InChI=1S/K.2Na.H5O10P3.3H/c;;;1-11(2,3)9-13(7,8)10-12(4,5)6;;;/h;;;(H,7,8)(H2,1,2,3)(H2,4,5,6);;;/q3*+1;;3*-1. The molecular formula is H8KNa2O10P3. The van der Waals surface area contributed by atoms with E-state index in [2.05, 4.69) is 8.62 Å². The molecule has 0 fully saturated rings. The fourth-order valence-electron chi connectivity index (χ4n) is 0.284. The number of hydrogen-bond acceptors (Lipinski definition) is 5. The Kier molecular flexibility index (Phi) is 18.9. The summed E-state index contributed by atoms with van der Waals surface area (Å²) in [5, 5.41) is 0. The molecule has 0 aromatic carbocycles. The van der Waals surface area contributed by atoms with Crippen LogP contribution in [0.3, 0.4) is 0 Å². The van der Waals surface area contributed by atoms with E-state index in [-0.39, 0.29) is 115 Å². The van der Waals surface area contributed by atoms with Gasteiger partial charge in [0.2, 0.25) is 0 Å². The first-order chi connectivity index (χ1) is 5.41. The van der Waals surface area contributed by atoms with Crippen LogP contribution < -0.4 is 110 Å². The van der Waals surface area contributed by atoms with Gasteiger partial charge in [0.05, 0.1) is 0 Å². The summed E-state index contributed by atoms with van der Waals surface area (Å²) < 4.78 is 36.4. The molecule has 0 unspecified atom stereocenters. The quantitative estimate of drug-likeness (QED) is 0.243. The van der Waals surface area contributed by atoms with Crippen molar-refractivity contribution < 1.29 is 162 Å². The van der Waals surface area contributed by atoms with Crippen LogP contribution in [0, 0.1) is 0 Å². The molecule has 0 amide bonds. The molecule has 0 saturated carbocycles. The van der Waals surface area contributed by atoms with Crippen molar-refractivity contribution in [2.24, 2.45) is 0 Å². The van der Waals surface area contributed by atoms with E-state index in [1.807, 2.05) is 0 Å². The number of hydrogen-bond donors (Lipinski definition) is 5. The molecule has 0 heterocycles. The van der Waals surface area contributed by atoms with E-state index in [0.29, 0.717) is 0 Å². The minimum absolute atomic E-state index is 0. The van der Waals surface area contributed by atoms with E-state index < -0.39 is 23.5 Å². The Balaban J connectivity index is -0.0000000480. The zero-order valence-electron chi connectivity index (χ0n) is 11.6. The molecule has 16 heteroatoms. The van der Waals surface area contributed by atoms with E-state index in [9.17, 15) is 13.7 Å². The summed E-state index contributed by atoms with van der Waals surface area (Å²) >= 11 is 0. The summed E-state index contributed by atoms with van der Waals surface area (Å²) in [6.07, 6.45) is 0. The summed E-state index contributed by atoms with van der Waals surface area (Å²) in [5.41, 5.74) is 0. The van der Waals surface area contributed by atoms with Gasteiger partial charge in [-0.05, 0) is 0 Å². The molecule has 0 aliphatic rings. The van der Waals surface area contributed by atoms with Crippen molar-refractivity contribution in [1.82, 2.24) is 0 Å². The zero-order chi connectivity index (χ0) is 10.9. The van der Waals surface area contributed by atoms with Crippen LogP contribution in [-0.2, 0) is 22.3 Å². The minimum atomic E-state index is -5.46. The van der Waals surface area contributed by atoms with Crippen molar-refractivity contribution in [3.8, 4) is 0 Å². The maximum absolute atomic E-state index is 10.4. The van der Waals surface area contributed by atoms with Crippen LogP contribution in [0.25, 0.3) is 0 Å². The predicted octanol–water partition coefficient (Wildman–Crippen LogP) is -9.35. The van der Waals surface area contributed by atoms with Crippen molar-refractivity contribution in [2.45, 2.75) is 0 Å². The Morgan fingerprint density at radius 3 is 1.06 bits per heavy atom. The summed E-state index contributed by atoms with van der Waals surface area (Å²) in [7, 11) is -16.2. The van der Waals surface area contributed by atoms with Crippen LogP contribution in [0.5, 0.6) is 0 Å². The Hall–Kier alpha value is 4.05.